The van der Waals surface area contributed by atoms with Gasteiger partial charge in [-0.25, -0.2) is 13.2 Å². The molecule has 1 heterocycles. The van der Waals surface area contributed by atoms with Gasteiger partial charge in [0.05, 0.1) is 18.4 Å². The molecule has 0 spiro atoms. The molecule has 3 aromatic carbocycles. The first-order valence-electron chi connectivity index (χ1n) is 14.3. The van der Waals surface area contributed by atoms with Crippen LogP contribution in [0.4, 0.5) is 4.79 Å². The van der Waals surface area contributed by atoms with E-state index in [-0.39, 0.29) is 17.5 Å². The molecule has 2 atom stereocenters. The van der Waals surface area contributed by atoms with E-state index in [1.165, 1.54) is 17.0 Å². The average Bonchev–Trinajstić information content (AvgIpc) is 3.03. The van der Waals surface area contributed by atoms with Gasteiger partial charge in [-0.15, -0.1) is 0 Å². The maximum atomic E-state index is 13.9. The topological polar surface area (TPSA) is 151 Å². The Balaban J connectivity index is 1.59. The van der Waals surface area contributed by atoms with Crippen molar-refractivity contribution in [1.29, 1.82) is 0 Å². The van der Waals surface area contributed by atoms with Gasteiger partial charge in [-0.1, -0.05) is 54.1 Å². The van der Waals surface area contributed by atoms with E-state index in [1.54, 1.807) is 42.5 Å². The number of ether oxygens (including phenoxy) is 1. The SMILES string of the molecule is COC(=O)CN(Cc1ccc(Cl)cc1)C(=O)[C@H](CC(=O)NOC(=O)N1CCCCC1C)NS(=O)(=O)c1ccc2ccccc2c1. The smallest absolute Gasteiger partial charge is 0.434 e. The number of carbonyl (C=O) groups is 4. The van der Waals surface area contributed by atoms with Gasteiger partial charge in [0.25, 0.3) is 5.91 Å². The number of hydrogen-bond acceptors (Lipinski definition) is 8. The Labute approximate surface area is 266 Å². The molecule has 0 radical (unpaired) electrons. The summed E-state index contributed by atoms with van der Waals surface area (Å²) in [6, 6.07) is 16.3. The minimum atomic E-state index is -4.37. The third kappa shape index (κ3) is 9.16. The van der Waals surface area contributed by atoms with Gasteiger partial charge < -0.3 is 19.4 Å². The van der Waals surface area contributed by atoms with E-state index in [0.29, 0.717) is 22.5 Å². The Bertz CT molecular complexity index is 1650. The fraction of sp³-hybridized carbons (Fsp3) is 0.355. The van der Waals surface area contributed by atoms with Crippen LogP contribution in [0.25, 0.3) is 10.8 Å². The molecule has 0 aromatic heterocycles. The lowest BCUT2D eigenvalue weighted by atomic mass is 10.0. The summed E-state index contributed by atoms with van der Waals surface area (Å²) < 4.78 is 34.2. The summed E-state index contributed by atoms with van der Waals surface area (Å²) in [5.74, 6) is -2.58. The van der Waals surface area contributed by atoms with Gasteiger partial charge >= 0.3 is 12.1 Å². The normalized spacial score (nSPS) is 15.6. The highest BCUT2D eigenvalue weighted by atomic mass is 35.5. The number of sulfonamides is 1. The van der Waals surface area contributed by atoms with Crippen molar-refractivity contribution in [2.45, 2.75) is 56.1 Å². The van der Waals surface area contributed by atoms with Crippen LogP contribution in [0.2, 0.25) is 5.02 Å². The van der Waals surface area contributed by atoms with Crippen LogP contribution in [-0.2, 0) is 40.5 Å². The third-order valence-electron chi connectivity index (χ3n) is 7.45. The second-order valence-corrected chi connectivity index (χ2v) is 12.9. The van der Waals surface area contributed by atoms with Crippen molar-refractivity contribution in [2.75, 3.05) is 20.2 Å². The highest BCUT2D eigenvalue weighted by Crippen LogP contribution is 2.21. The molecule has 1 fully saturated rings. The van der Waals surface area contributed by atoms with Gasteiger partial charge in [0, 0.05) is 24.2 Å². The molecule has 1 saturated heterocycles. The molecule has 4 rings (SSSR count). The fourth-order valence-electron chi connectivity index (χ4n) is 4.99. The lowest BCUT2D eigenvalue weighted by molar-refractivity contribution is -0.148. The van der Waals surface area contributed by atoms with E-state index in [0.717, 1.165) is 36.7 Å². The molecule has 240 valence electrons. The molecule has 3 amide bonds. The van der Waals surface area contributed by atoms with Crippen molar-refractivity contribution in [3.8, 4) is 0 Å². The number of benzene rings is 3. The summed E-state index contributed by atoms with van der Waals surface area (Å²) in [7, 11) is -3.22. The quantitative estimate of drug-likeness (QED) is 0.247. The van der Waals surface area contributed by atoms with E-state index in [1.807, 2.05) is 24.5 Å². The first-order valence-corrected chi connectivity index (χ1v) is 16.2. The number of carbonyl (C=O) groups excluding carboxylic acids is 4. The highest BCUT2D eigenvalue weighted by molar-refractivity contribution is 7.89. The maximum absolute atomic E-state index is 13.9. The monoisotopic (exact) mass is 658 g/mol. The van der Waals surface area contributed by atoms with Crippen molar-refractivity contribution < 1.29 is 37.2 Å². The Morgan fingerprint density at radius 3 is 2.42 bits per heavy atom. The average molecular weight is 659 g/mol. The number of amides is 3. The summed E-state index contributed by atoms with van der Waals surface area (Å²) in [5, 5.41) is 1.91. The second-order valence-electron chi connectivity index (χ2n) is 10.7. The van der Waals surface area contributed by atoms with E-state index in [4.69, 9.17) is 21.2 Å². The largest absolute Gasteiger partial charge is 0.468 e. The van der Waals surface area contributed by atoms with Gasteiger partial charge in [-0.05, 0) is 66.8 Å². The molecule has 14 heteroatoms. The number of nitrogens with one attached hydrogen (secondary N) is 2. The molecule has 2 N–H and O–H groups in total. The maximum Gasteiger partial charge on any atom is 0.434 e. The standard InChI is InChI=1S/C31H35ClN4O8S/c1-21-7-5-6-16-36(21)31(40)44-33-28(37)18-27(34-45(41,42)26-15-12-23-8-3-4-9-24(23)17-26)30(39)35(20-29(38)43-2)19-22-10-13-25(32)14-11-22/h3-4,8-15,17,21,27,34H,5-7,16,18-20H2,1-2H3,(H,33,37)/t21?,27-/m0/s1. The molecule has 0 bridgehead atoms. The zero-order chi connectivity index (χ0) is 32.6. The minimum absolute atomic E-state index is 0.0778. The number of piperidine rings is 1. The Hall–Kier alpha value is -4.20. The van der Waals surface area contributed by atoms with Gasteiger partial charge in [0.2, 0.25) is 15.9 Å². The molecule has 0 saturated carbocycles. The van der Waals surface area contributed by atoms with Crippen LogP contribution >= 0.6 is 11.6 Å². The van der Waals surface area contributed by atoms with Crippen molar-refractivity contribution in [3.63, 3.8) is 0 Å². The zero-order valence-electron chi connectivity index (χ0n) is 24.9. The fourth-order valence-corrected chi connectivity index (χ4v) is 6.34. The Kier molecular flexibility index (Phi) is 11.4. The second kappa shape index (κ2) is 15.2. The first kappa shape index (κ1) is 33.7. The summed E-state index contributed by atoms with van der Waals surface area (Å²) in [6.07, 6.45) is 1.05. The van der Waals surface area contributed by atoms with Crippen molar-refractivity contribution in [3.05, 3.63) is 77.3 Å². The van der Waals surface area contributed by atoms with Crippen molar-refractivity contribution in [1.82, 2.24) is 20.0 Å². The van der Waals surface area contributed by atoms with E-state index < -0.39 is 52.9 Å². The summed E-state index contributed by atoms with van der Waals surface area (Å²) in [6.45, 7) is 1.68. The molecule has 3 aromatic rings. The molecule has 45 heavy (non-hydrogen) atoms. The van der Waals surface area contributed by atoms with Gasteiger partial charge in [0.1, 0.15) is 12.6 Å². The number of halogens is 1. The molecule has 1 aliphatic rings. The Morgan fingerprint density at radius 2 is 1.73 bits per heavy atom. The van der Waals surface area contributed by atoms with Crippen LogP contribution in [0.15, 0.2) is 71.6 Å². The molecule has 12 nitrogen and oxygen atoms in total. The van der Waals surface area contributed by atoms with Gasteiger partial charge in [-0.2, -0.15) is 10.2 Å². The number of hydrogen-bond donors (Lipinski definition) is 2. The zero-order valence-corrected chi connectivity index (χ0v) is 26.5. The predicted molar refractivity (Wildman–Crippen MR) is 166 cm³/mol. The molecule has 1 unspecified atom stereocenters. The van der Waals surface area contributed by atoms with Gasteiger partial charge in [-0.3, -0.25) is 14.4 Å². The van der Waals surface area contributed by atoms with E-state index in [9.17, 15) is 27.6 Å². The lowest BCUT2D eigenvalue weighted by Gasteiger charge is -2.32. The number of rotatable bonds is 10. The van der Waals surface area contributed by atoms with E-state index in [2.05, 4.69) is 4.72 Å². The lowest BCUT2D eigenvalue weighted by Crippen LogP contribution is -2.52. The number of likely N-dealkylation sites (tertiary alicyclic amines) is 1. The van der Waals surface area contributed by atoms with Crippen LogP contribution in [0.5, 0.6) is 0 Å². The number of nitrogens with zero attached hydrogens (tertiary/aromatic N) is 2. The highest BCUT2D eigenvalue weighted by Gasteiger charge is 2.33. The summed E-state index contributed by atoms with van der Waals surface area (Å²) in [4.78, 5) is 59.2. The first-order chi connectivity index (χ1) is 21.5. The van der Waals surface area contributed by atoms with E-state index >= 15 is 0 Å². The van der Waals surface area contributed by atoms with Crippen LogP contribution in [0.1, 0.15) is 38.2 Å². The predicted octanol–water partition coefficient (Wildman–Crippen LogP) is 3.77. The van der Waals surface area contributed by atoms with Crippen LogP contribution < -0.4 is 10.2 Å². The number of methoxy groups -OCH3 is 1. The summed E-state index contributed by atoms with van der Waals surface area (Å²) >= 11 is 5.99. The molecule has 1 aliphatic heterocycles. The van der Waals surface area contributed by atoms with Crippen molar-refractivity contribution >= 4 is 56.3 Å². The minimum Gasteiger partial charge on any atom is -0.468 e. The van der Waals surface area contributed by atoms with Crippen LogP contribution in [0.3, 0.4) is 0 Å². The summed E-state index contributed by atoms with van der Waals surface area (Å²) in [5.41, 5.74) is 2.63. The third-order valence-corrected chi connectivity index (χ3v) is 9.17. The number of fused-ring (bicyclic) bond motifs is 1. The molecule has 0 aliphatic carbocycles. The number of hydroxylamine groups is 1. The Morgan fingerprint density at radius 1 is 1.02 bits per heavy atom. The number of esters is 1. The van der Waals surface area contributed by atoms with Crippen molar-refractivity contribution in [2.24, 2.45) is 0 Å². The van der Waals surface area contributed by atoms with Crippen LogP contribution in [-0.4, -0.2) is 74.4 Å². The van der Waals surface area contributed by atoms with Crippen LogP contribution in [0, 0.1) is 0 Å². The molecular weight excluding hydrogens is 624 g/mol. The molecular formula is C31H35ClN4O8S. The van der Waals surface area contributed by atoms with Gasteiger partial charge in [0.15, 0.2) is 0 Å².